The van der Waals surface area contributed by atoms with Crippen molar-refractivity contribution in [3.63, 3.8) is 0 Å². The fourth-order valence-electron chi connectivity index (χ4n) is 4.76. The van der Waals surface area contributed by atoms with Gasteiger partial charge in [0.2, 0.25) is 5.82 Å². The van der Waals surface area contributed by atoms with Crippen LogP contribution in [0.2, 0.25) is 0 Å². The Kier molecular flexibility index (Phi) is 16.1. The van der Waals surface area contributed by atoms with Crippen molar-refractivity contribution >= 4 is 34.9 Å². The van der Waals surface area contributed by atoms with Crippen molar-refractivity contribution < 1.29 is 61.8 Å². The first-order valence-corrected chi connectivity index (χ1v) is 17.8. The van der Waals surface area contributed by atoms with Gasteiger partial charge in [-0.2, -0.15) is 23.3 Å². The van der Waals surface area contributed by atoms with Crippen LogP contribution in [-0.2, 0) is 22.6 Å². The maximum absolute atomic E-state index is 14.0. The van der Waals surface area contributed by atoms with Crippen LogP contribution in [0.5, 0.6) is 0 Å². The molecule has 4 N–H and O–H groups in total. The van der Waals surface area contributed by atoms with Gasteiger partial charge in [0.05, 0.1) is 37.3 Å². The zero-order valence-electron chi connectivity index (χ0n) is 30.0. The summed E-state index contributed by atoms with van der Waals surface area (Å²) in [6, 6.07) is 20.0. The van der Waals surface area contributed by atoms with Gasteiger partial charge in [0.25, 0.3) is 5.56 Å². The second kappa shape index (κ2) is 20.9. The van der Waals surface area contributed by atoms with E-state index in [2.05, 4.69) is 33.6 Å². The monoisotopic (exact) mass is 828 g/mol. The number of aromatic nitrogens is 8. The minimum atomic E-state index is -1.39. The molecule has 7 aromatic rings. The van der Waals surface area contributed by atoms with E-state index in [-0.39, 0.29) is 78.8 Å². The molecule has 14 nitrogen and oxygen atoms in total. The number of ether oxygens (including phenoxy) is 1. The number of halogens is 4. The molecule has 57 heavy (non-hydrogen) atoms. The second-order valence-corrected chi connectivity index (χ2v) is 12.4. The van der Waals surface area contributed by atoms with E-state index in [0.717, 1.165) is 11.9 Å². The summed E-state index contributed by atoms with van der Waals surface area (Å²) < 4.78 is 68.6. The molecule has 0 bridgehead atoms. The molecule has 0 unspecified atom stereocenters. The SMILES string of the molecule is CCOC(=O)C(F)=C[O-].N=C(N)c1cc(-c2ccsn2)n(Cc2ccccc2F)n1.O=c1[nH]c(-c2cc(-c3ccsn3)n(Cc3ccccc3F)n2)ncc1F.[Na+]. The fourth-order valence-corrected chi connectivity index (χ4v) is 5.79. The van der Waals surface area contributed by atoms with E-state index in [0.29, 0.717) is 39.6 Å². The number of rotatable bonds is 10. The van der Waals surface area contributed by atoms with Crippen LogP contribution in [0.4, 0.5) is 17.6 Å². The Balaban J connectivity index is 0.000000209. The Labute approximate surface area is 351 Å². The Morgan fingerprint density at radius 3 is 1.89 bits per heavy atom. The number of hydrogen-bond acceptors (Lipinski definition) is 12. The zero-order chi connectivity index (χ0) is 40.2. The van der Waals surface area contributed by atoms with Crippen molar-refractivity contribution in [1.29, 1.82) is 5.41 Å². The summed E-state index contributed by atoms with van der Waals surface area (Å²) in [4.78, 5) is 27.8. The normalized spacial score (nSPS) is 10.7. The Morgan fingerprint density at radius 2 is 1.42 bits per heavy atom. The van der Waals surface area contributed by atoms with E-state index in [9.17, 15) is 32.3 Å². The van der Waals surface area contributed by atoms with E-state index in [1.807, 2.05) is 22.9 Å². The molecule has 0 radical (unpaired) electrons. The molecule has 0 spiro atoms. The number of nitrogens with one attached hydrogen (secondary N) is 2. The molecule has 0 atom stereocenters. The summed E-state index contributed by atoms with van der Waals surface area (Å²) in [5.41, 5.74) is 9.02. The van der Waals surface area contributed by atoms with Crippen LogP contribution in [-0.4, -0.2) is 56.7 Å². The van der Waals surface area contributed by atoms with Gasteiger partial charge in [0.1, 0.15) is 40.2 Å². The summed E-state index contributed by atoms with van der Waals surface area (Å²) >= 11 is 2.59. The molecular formula is C36H29F4N10NaO4S2. The average molecular weight is 829 g/mol. The van der Waals surface area contributed by atoms with Gasteiger partial charge in [-0.1, -0.05) is 36.4 Å². The van der Waals surface area contributed by atoms with Gasteiger partial charge in [0.15, 0.2) is 11.7 Å². The molecule has 0 fully saturated rings. The van der Waals surface area contributed by atoms with Gasteiger partial charge in [0, 0.05) is 21.9 Å². The van der Waals surface area contributed by atoms with E-state index in [1.54, 1.807) is 57.9 Å². The fraction of sp³-hybridized carbons (Fsp3) is 0.111. The molecule has 0 amide bonds. The van der Waals surface area contributed by atoms with E-state index in [1.165, 1.54) is 42.1 Å². The van der Waals surface area contributed by atoms with Gasteiger partial charge in [-0.25, -0.2) is 22.9 Å². The largest absolute Gasteiger partial charge is 1.00 e. The summed E-state index contributed by atoms with van der Waals surface area (Å²) in [6.45, 7) is 2.02. The smallest absolute Gasteiger partial charge is 0.876 e. The molecule has 2 aromatic carbocycles. The van der Waals surface area contributed by atoms with Crippen LogP contribution in [0, 0.1) is 22.9 Å². The van der Waals surface area contributed by atoms with E-state index < -0.39 is 23.2 Å². The standard InChI is InChI=1S/C17H11F2N5OS.C14H12FN5S.C5H7FO3.Na/c18-11-4-2-1-3-10(11)9-24-15(13-5-6-26-23-13)7-14(22-24)16-20-8-12(19)17(25)21-16;15-10-4-2-1-3-9(10)8-20-13(11-5-6-21-19-11)7-12(18-20)14(16)17;1-2-9-5(8)4(6)3-7;/h1-8H,9H2,(H,20,21,25);1-7H,8H2,(H3,16,17);3,7H,2H2,1H3;/q;;;+1/p-1. The third kappa shape index (κ3) is 11.6. The summed E-state index contributed by atoms with van der Waals surface area (Å²) in [5.74, 6) is -4.20. The first kappa shape index (κ1) is 43.9. The molecule has 7 rings (SSSR count). The zero-order valence-corrected chi connectivity index (χ0v) is 33.7. The number of hydrogen-bond donors (Lipinski definition) is 3. The van der Waals surface area contributed by atoms with Crippen LogP contribution in [0.1, 0.15) is 23.7 Å². The molecule has 0 aliphatic heterocycles. The van der Waals surface area contributed by atoms with Crippen LogP contribution in [0.25, 0.3) is 34.3 Å². The molecule has 5 aromatic heterocycles. The molecular weight excluding hydrogens is 800 g/mol. The molecule has 0 aliphatic carbocycles. The predicted octanol–water partition coefficient (Wildman–Crippen LogP) is 2.29. The van der Waals surface area contributed by atoms with Crippen molar-refractivity contribution in [3.8, 4) is 34.3 Å². The number of nitrogens with two attached hydrogens (primary N) is 1. The van der Waals surface area contributed by atoms with Crippen LogP contribution in [0.15, 0.2) is 107 Å². The Bertz CT molecular complexity index is 2510. The summed E-state index contributed by atoms with van der Waals surface area (Å²) in [6.07, 6.45) is 0.657. The topological polar surface area (TPSA) is 206 Å². The predicted molar refractivity (Wildman–Crippen MR) is 198 cm³/mol. The van der Waals surface area contributed by atoms with Gasteiger partial charge >= 0.3 is 35.5 Å². The molecule has 0 aliphatic rings. The first-order valence-electron chi connectivity index (χ1n) is 16.2. The third-order valence-electron chi connectivity index (χ3n) is 7.36. The number of esters is 1. The quantitative estimate of drug-likeness (QED) is 0.0349. The van der Waals surface area contributed by atoms with Crippen molar-refractivity contribution in [2.45, 2.75) is 20.0 Å². The Hall–Kier alpha value is -5.80. The van der Waals surface area contributed by atoms with Crippen LogP contribution < -0.4 is 46.0 Å². The van der Waals surface area contributed by atoms with Crippen molar-refractivity contribution in [2.24, 2.45) is 5.73 Å². The molecule has 0 saturated heterocycles. The molecule has 5 heterocycles. The van der Waals surface area contributed by atoms with E-state index >= 15 is 0 Å². The van der Waals surface area contributed by atoms with E-state index in [4.69, 9.17) is 11.1 Å². The van der Waals surface area contributed by atoms with Gasteiger partial charge in [-0.05, 0) is 66.4 Å². The maximum atomic E-state index is 14.0. The number of nitrogens with zero attached hydrogens (tertiary/aromatic N) is 7. The maximum Gasteiger partial charge on any atom is 1.00 e. The van der Waals surface area contributed by atoms with Gasteiger partial charge in [-0.3, -0.25) is 19.6 Å². The van der Waals surface area contributed by atoms with Gasteiger partial charge < -0.3 is 20.6 Å². The minimum absolute atomic E-state index is 0. The number of carbonyl (C=O) groups is 1. The number of H-pyrrole nitrogens is 1. The molecule has 288 valence electrons. The second-order valence-electron chi connectivity index (χ2n) is 11.1. The number of benzene rings is 2. The average Bonchev–Trinajstić information content (AvgIpc) is 4.03. The summed E-state index contributed by atoms with van der Waals surface area (Å²) in [7, 11) is 0. The molecule has 21 heteroatoms. The van der Waals surface area contributed by atoms with Crippen molar-refractivity contribution in [2.75, 3.05) is 6.61 Å². The number of aromatic amines is 1. The van der Waals surface area contributed by atoms with Gasteiger partial charge in [-0.15, -0.1) is 6.26 Å². The minimum Gasteiger partial charge on any atom is -0.876 e. The summed E-state index contributed by atoms with van der Waals surface area (Å²) in [5, 5.41) is 29.3. The number of amidine groups is 1. The molecule has 0 saturated carbocycles. The number of nitrogen functional groups attached to an aromatic ring is 1. The number of carbonyl (C=O) groups excluding carboxylic acids is 1. The van der Waals surface area contributed by atoms with Crippen LogP contribution >= 0.6 is 23.1 Å². The Morgan fingerprint density at radius 1 is 0.877 bits per heavy atom. The third-order valence-corrected chi connectivity index (χ3v) is 8.48. The van der Waals surface area contributed by atoms with Crippen molar-refractivity contribution in [1.82, 2.24) is 38.3 Å². The van der Waals surface area contributed by atoms with Crippen LogP contribution in [0.3, 0.4) is 0 Å². The van der Waals surface area contributed by atoms with Crippen molar-refractivity contribution in [3.05, 3.63) is 146 Å². The first-order chi connectivity index (χ1) is 27.0.